The van der Waals surface area contributed by atoms with Gasteiger partial charge in [-0.3, -0.25) is 30.6 Å². The van der Waals surface area contributed by atoms with Gasteiger partial charge in [-0.25, -0.2) is 0 Å². The van der Waals surface area contributed by atoms with Crippen LogP contribution in [0, 0.1) is 17.0 Å². The molecule has 2 aromatic carbocycles. The van der Waals surface area contributed by atoms with Crippen LogP contribution in [0.4, 0.5) is 5.69 Å². The number of hydrazine groups is 1. The summed E-state index contributed by atoms with van der Waals surface area (Å²) in [5.74, 6) is -1.32. The standard InChI is InChI=1S/C17H15N3O4/c1-12-6-8-13(9-7-12)10-11-16(21)18-19-17(22)14-4-2-3-5-15(14)20(23)24/h2-11H,1H3,(H,18,21)(H,19,22). The number of hydrogen-bond acceptors (Lipinski definition) is 4. The third-order valence-corrected chi connectivity index (χ3v) is 3.15. The normalized spacial score (nSPS) is 10.4. The Labute approximate surface area is 138 Å². The zero-order chi connectivity index (χ0) is 17.5. The monoisotopic (exact) mass is 325 g/mol. The lowest BCUT2D eigenvalue weighted by atomic mass is 10.1. The topological polar surface area (TPSA) is 101 Å². The minimum Gasteiger partial charge on any atom is -0.268 e. The molecule has 7 heteroatoms. The molecule has 0 aromatic heterocycles. The first-order chi connectivity index (χ1) is 11.5. The summed E-state index contributed by atoms with van der Waals surface area (Å²) >= 11 is 0. The molecule has 2 N–H and O–H groups in total. The molecule has 0 bridgehead atoms. The Hall–Kier alpha value is -3.48. The SMILES string of the molecule is Cc1ccc(C=CC(=O)NNC(=O)c2ccccc2[N+](=O)[O-])cc1. The molecule has 0 aliphatic carbocycles. The van der Waals surface area contributed by atoms with Gasteiger partial charge in [-0.15, -0.1) is 0 Å². The van der Waals surface area contributed by atoms with Gasteiger partial charge in [0.25, 0.3) is 17.5 Å². The molecule has 7 nitrogen and oxygen atoms in total. The fraction of sp³-hybridized carbons (Fsp3) is 0.0588. The summed E-state index contributed by atoms with van der Waals surface area (Å²) < 4.78 is 0. The summed E-state index contributed by atoms with van der Waals surface area (Å²) in [6, 6.07) is 13.0. The number of hydrogen-bond donors (Lipinski definition) is 2. The fourth-order valence-electron chi connectivity index (χ4n) is 1.90. The minimum absolute atomic E-state index is 0.134. The molecule has 2 aromatic rings. The molecule has 0 saturated carbocycles. The van der Waals surface area contributed by atoms with E-state index in [1.54, 1.807) is 6.08 Å². The number of para-hydroxylation sites is 1. The second kappa shape index (κ2) is 7.68. The molecule has 2 rings (SSSR count). The molecular weight excluding hydrogens is 310 g/mol. The van der Waals surface area contributed by atoms with Crippen molar-refractivity contribution in [2.24, 2.45) is 0 Å². The number of benzene rings is 2. The van der Waals surface area contributed by atoms with E-state index in [2.05, 4.69) is 10.9 Å². The smallest absolute Gasteiger partial charge is 0.268 e. The summed E-state index contributed by atoms with van der Waals surface area (Å²) in [6.07, 6.45) is 2.84. The number of amides is 2. The first-order valence-corrected chi connectivity index (χ1v) is 7.06. The number of rotatable bonds is 4. The second-order valence-electron chi connectivity index (χ2n) is 4.96. The number of nitrogens with zero attached hydrogens (tertiary/aromatic N) is 1. The molecule has 0 aliphatic heterocycles. The van der Waals surface area contributed by atoms with Gasteiger partial charge in [0.2, 0.25) is 0 Å². The Bertz CT molecular complexity index is 798. The van der Waals surface area contributed by atoms with Crippen molar-refractivity contribution >= 4 is 23.6 Å². The van der Waals surface area contributed by atoms with Crippen molar-refractivity contribution in [2.45, 2.75) is 6.92 Å². The molecule has 0 aliphatic rings. The van der Waals surface area contributed by atoms with E-state index >= 15 is 0 Å². The van der Waals surface area contributed by atoms with E-state index in [1.807, 2.05) is 31.2 Å². The summed E-state index contributed by atoms with van der Waals surface area (Å²) in [4.78, 5) is 33.8. The van der Waals surface area contributed by atoms with E-state index in [0.29, 0.717) is 0 Å². The highest BCUT2D eigenvalue weighted by Crippen LogP contribution is 2.16. The highest BCUT2D eigenvalue weighted by Gasteiger charge is 2.19. The van der Waals surface area contributed by atoms with E-state index in [4.69, 9.17) is 0 Å². The van der Waals surface area contributed by atoms with Crippen LogP contribution in [0.3, 0.4) is 0 Å². The molecule has 0 heterocycles. The van der Waals surface area contributed by atoms with E-state index in [0.717, 1.165) is 11.1 Å². The van der Waals surface area contributed by atoms with Gasteiger partial charge in [-0.2, -0.15) is 0 Å². The average molecular weight is 325 g/mol. The van der Waals surface area contributed by atoms with Crippen molar-refractivity contribution in [2.75, 3.05) is 0 Å². The predicted molar refractivity (Wildman–Crippen MR) is 88.9 cm³/mol. The van der Waals surface area contributed by atoms with Gasteiger partial charge < -0.3 is 0 Å². The molecule has 0 unspecified atom stereocenters. The molecule has 0 saturated heterocycles. The number of nitro groups is 1. The largest absolute Gasteiger partial charge is 0.282 e. The van der Waals surface area contributed by atoms with Crippen LogP contribution in [-0.2, 0) is 4.79 Å². The summed E-state index contributed by atoms with van der Waals surface area (Å²) in [5.41, 5.74) is 5.80. The van der Waals surface area contributed by atoms with E-state index in [1.165, 1.54) is 30.3 Å². The second-order valence-corrected chi connectivity index (χ2v) is 4.96. The zero-order valence-electron chi connectivity index (χ0n) is 12.9. The Morgan fingerprint density at radius 2 is 1.71 bits per heavy atom. The van der Waals surface area contributed by atoms with Crippen LogP contribution >= 0.6 is 0 Å². The third-order valence-electron chi connectivity index (χ3n) is 3.15. The Balaban J connectivity index is 1.95. The number of carbonyl (C=O) groups is 2. The van der Waals surface area contributed by atoms with Crippen molar-refractivity contribution < 1.29 is 14.5 Å². The molecule has 0 spiro atoms. The lowest BCUT2D eigenvalue weighted by molar-refractivity contribution is -0.385. The lowest BCUT2D eigenvalue weighted by Crippen LogP contribution is -2.40. The van der Waals surface area contributed by atoms with Gasteiger partial charge in [-0.1, -0.05) is 42.0 Å². The van der Waals surface area contributed by atoms with Gasteiger partial charge in [0.15, 0.2) is 0 Å². The molecule has 0 atom stereocenters. The average Bonchev–Trinajstić information content (AvgIpc) is 2.59. The van der Waals surface area contributed by atoms with Gasteiger partial charge in [0.1, 0.15) is 5.56 Å². The van der Waals surface area contributed by atoms with Gasteiger partial charge in [0.05, 0.1) is 4.92 Å². The van der Waals surface area contributed by atoms with Crippen LogP contribution in [0.5, 0.6) is 0 Å². The first-order valence-electron chi connectivity index (χ1n) is 7.06. The van der Waals surface area contributed by atoms with Crippen LogP contribution in [0.15, 0.2) is 54.6 Å². The van der Waals surface area contributed by atoms with Gasteiger partial charge >= 0.3 is 0 Å². The van der Waals surface area contributed by atoms with Gasteiger partial charge in [-0.05, 0) is 24.6 Å². The quantitative estimate of drug-likeness (QED) is 0.512. The summed E-state index contributed by atoms with van der Waals surface area (Å²) in [6.45, 7) is 1.96. The van der Waals surface area contributed by atoms with Crippen LogP contribution < -0.4 is 10.9 Å². The van der Waals surface area contributed by atoms with Crippen molar-refractivity contribution in [1.29, 1.82) is 0 Å². The van der Waals surface area contributed by atoms with Crippen LogP contribution in [0.1, 0.15) is 21.5 Å². The number of aryl methyl sites for hydroxylation is 1. The predicted octanol–water partition coefficient (Wildman–Crippen LogP) is 2.38. The number of carbonyl (C=O) groups excluding carboxylic acids is 2. The maximum atomic E-state index is 11.9. The highest BCUT2D eigenvalue weighted by molar-refractivity contribution is 6.00. The van der Waals surface area contributed by atoms with E-state index in [-0.39, 0.29) is 11.3 Å². The summed E-state index contributed by atoms with van der Waals surface area (Å²) in [5, 5.41) is 10.9. The fourth-order valence-corrected chi connectivity index (χ4v) is 1.90. The maximum absolute atomic E-state index is 11.9. The van der Waals surface area contributed by atoms with Crippen LogP contribution in [-0.4, -0.2) is 16.7 Å². The van der Waals surface area contributed by atoms with Crippen molar-refractivity contribution in [1.82, 2.24) is 10.9 Å². The number of nitro benzene ring substituents is 1. The molecule has 0 fully saturated rings. The van der Waals surface area contributed by atoms with Gasteiger partial charge in [0, 0.05) is 12.1 Å². The molecular formula is C17H15N3O4. The Kier molecular flexibility index (Phi) is 5.40. The lowest BCUT2D eigenvalue weighted by Gasteiger charge is -2.05. The van der Waals surface area contributed by atoms with Crippen molar-refractivity contribution in [3.63, 3.8) is 0 Å². The minimum atomic E-state index is -0.764. The molecule has 24 heavy (non-hydrogen) atoms. The molecule has 0 radical (unpaired) electrons. The third kappa shape index (κ3) is 4.51. The zero-order valence-corrected chi connectivity index (χ0v) is 12.9. The van der Waals surface area contributed by atoms with Crippen LogP contribution in [0.25, 0.3) is 6.08 Å². The van der Waals surface area contributed by atoms with E-state index in [9.17, 15) is 19.7 Å². The van der Waals surface area contributed by atoms with Crippen molar-refractivity contribution in [3.8, 4) is 0 Å². The Morgan fingerprint density at radius 1 is 1.04 bits per heavy atom. The first kappa shape index (κ1) is 16.9. The molecule has 122 valence electrons. The maximum Gasteiger partial charge on any atom is 0.282 e. The highest BCUT2D eigenvalue weighted by atomic mass is 16.6. The van der Waals surface area contributed by atoms with Crippen LogP contribution in [0.2, 0.25) is 0 Å². The molecule has 2 amide bonds. The Morgan fingerprint density at radius 3 is 2.38 bits per heavy atom. The number of nitrogens with one attached hydrogen (secondary N) is 2. The van der Waals surface area contributed by atoms with Crippen molar-refractivity contribution in [3.05, 3.63) is 81.4 Å². The van der Waals surface area contributed by atoms with E-state index < -0.39 is 16.7 Å². The summed E-state index contributed by atoms with van der Waals surface area (Å²) in [7, 11) is 0.